The van der Waals surface area contributed by atoms with Crippen LogP contribution in [-0.2, 0) is 4.74 Å². The second-order valence-corrected chi connectivity index (χ2v) is 3.76. The van der Waals surface area contributed by atoms with Gasteiger partial charge < -0.3 is 4.74 Å². The Morgan fingerprint density at radius 2 is 2.00 bits per heavy atom. The van der Waals surface area contributed by atoms with Crippen molar-refractivity contribution in [1.29, 1.82) is 0 Å². The lowest BCUT2D eigenvalue weighted by atomic mass is 9.99. The first-order valence-corrected chi connectivity index (χ1v) is 5.36. The first kappa shape index (κ1) is 11.5. The van der Waals surface area contributed by atoms with Gasteiger partial charge in [-0.3, -0.25) is 4.90 Å². The lowest BCUT2D eigenvalue weighted by molar-refractivity contribution is 0.0196. The van der Waals surface area contributed by atoms with E-state index in [1.165, 1.54) is 0 Å². The van der Waals surface area contributed by atoms with Gasteiger partial charge in [0.15, 0.2) is 0 Å². The molecule has 2 unspecified atom stereocenters. The quantitative estimate of drug-likeness (QED) is 0.637. The van der Waals surface area contributed by atoms with E-state index in [0.717, 1.165) is 26.3 Å². The van der Waals surface area contributed by atoms with Gasteiger partial charge in [-0.25, -0.2) is 0 Å². The molecule has 14 heavy (non-hydrogen) atoms. The Morgan fingerprint density at radius 3 is 2.50 bits per heavy atom. The molecule has 1 heterocycles. The van der Waals surface area contributed by atoms with Gasteiger partial charge in [0.05, 0.1) is 13.2 Å². The number of hydrogen-bond acceptors (Lipinski definition) is 2. The topological polar surface area (TPSA) is 12.5 Å². The predicted octanol–water partition coefficient (Wildman–Crippen LogP) is 2.09. The highest BCUT2D eigenvalue weighted by Gasteiger charge is 2.21. The molecule has 1 aliphatic heterocycles. The third-order valence-electron chi connectivity index (χ3n) is 2.77. The number of nitrogens with zero attached hydrogens (tertiary/aromatic N) is 1. The van der Waals surface area contributed by atoms with E-state index in [1.54, 1.807) is 0 Å². The van der Waals surface area contributed by atoms with E-state index in [2.05, 4.69) is 37.5 Å². The first-order chi connectivity index (χ1) is 6.79. The molecule has 0 radical (unpaired) electrons. The van der Waals surface area contributed by atoms with Crippen molar-refractivity contribution < 1.29 is 4.74 Å². The fourth-order valence-electron chi connectivity index (χ4n) is 1.84. The molecule has 0 saturated carbocycles. The van der Waals surface area contributed by atoms with Gasteiger partial charge in [0.1, 0.15) is 0 Å². The maximum absolute atomic E-state index is 5.35. The molecule has 0 aromatic rings. The number of allylic oxidation sites excluding steroid dienone is 1. The van der Waals surface area contributed by atoms with Crippen LogP contribution in [0.2, 0.25) is 0 Å². The van der Waals surface area contributed by atoms with Crippen LogP contribution < -0.4 is 0 Å². The van der Waals surface area contributed by atoms with Crippen molar-refractivity contribution in [2.45, 2.75) is 19.9 Å². The highest BCUT2D eigenvalue weighted by Crippen LogP contribution is 2.15. The van der Waals surface area contributed by atoms with E-state index in [9.17, 15) is 0 Å². The van der Waals surface area contributed by atoms with Gasteiger partial charge in [-0.15, -0.1) is 6.58 Å². The number of hydrogen-bond donors (Lipinski definition) is 0. The van der Waals surface area contributed by atoms with Gasteiger partial charge in [0, 0.05) is 19.1 Å². The summed E-state index contributed by atoms with van der Waals surface area (Å²) >= 11 is 0. The summed E-state index contributed by atoms with van der Waals surface area (Å²) in [6.07, 6.45) is 6.41. The van der Waals surface area contributed by atoms with Crippen LogP contribution in [0.1, 0.15) is 13.8 Å². The molecule has 1 fully saturated rings. The van der Waals surface area contributed by atoms with E-state index < -0.39 is 0 Å². The van der Waals surface area contributed by atoms with Gasteiger partial charge in [-0.2, -0.15) is 0 Å². The average Bonchev–Trinajstić information content (AvgIpc) is 2.26. The molecule has 1 rings (SSSR count). The van der Waals surface area contributed by atoms with E-state index >= 15 is 0 Å². The van der Waals surface area contributed by atoms with Gasteiger partial charge in [-0.1, -0.05) is 25.2 Å². The van der Waals surface area contributed by atoms with Crippen LogP contribution >= 0.6 is 0 Å². The summed E-state index contributed by atoms with van der Waals surface area (Å²) in [6, 6.07) is 0.487. The fraction of sp³-hybridized carbons (Fsp3) is 0.667. The summed E-state index contributed by atoms with van der Waals surface area (Å²) in [5.74, 6) is 0.504. The monoisotopic (exact) mass is 195 g/mol. The lowest BCUT2D eigenvalue weighted by Gasteiger charge is -2.35. The first-order valence-electron chi connectivity index (χ1n) is 5.36. The van der Waals surface area contributed by atoms with Crippen molar-refractivity contribution >= 4 is 0 Å². The smallest absolute Gasteiger partial charge is 0.0594 e. The molecule has 1 aliphatic rings. The standard InChI is InChI=1S/C12H21NO/c1-4-6-12(11(3)5-2)13-7-9-14-10-8-13/h4-6,11-12H,2,7-10H2,1,3H3/b6-4-. The van der Waals surface area contributed by atoms with Crippen LogP contribution in [0.4, 0.5) is 0 Å². The maximum Gasteiger partial charge on any atom is 0.0594 e. The zero-order valence-electron chi connectivity index (χ0n) is 9.28. The van der Waals surface area contributed by atoms with Crippen molar-refractivity contribution in [2.75, 3.05) is 26.3 Å². The van der Waals surface area contributed by atoms with Gasteiger partial charge in [0.25, 0.3) is 0 Å². The van der Waals surface area contributed by atoms with E-state index in [1.807, 2.05) is 6.08 Å². The van der Waals surface area contributed by atoms with E-state index in [-0.39, 0.29) is 0 Å². The molecule has 0 N–H and O–H groups in total. The summed E-state index contributed by atoms with van der Waals surface area (Å²) in [7, 11) is 0. The number of ether oxygens (including phenoxy) is 1. The van der Waals surface area contributed by atoms with Gasteiger partial charge in [-0.05, 0) is 12.8 Å². The zero-order chi connectivity index (χ0) is 10.4. The molecule has 0 aliphatic carbocycles. The average molecular weight is 195 g/mol. The normalized spacial score (nSPS) is 23.6. The van der Waals surface area contributed by atoms with E-state index in [0.29, 0.717) is 12.0 Å². The molecule has 2 atom stereocenters. The Bertz CT molecular complexity index is 194. The summed E-state index contributed by atoms with van der Waals surface area (Å²) in [6.45, 7) is 11.9. The Hall–Kier alpha value is -0.600. The third-order valence-corrected chi connectivity index (χ3v) is 2.77. The lowest BCUT2D eigenvalue weighted by Crippen LogP contribution is -2.45. The highest BCUT2D eigenvalue weighted by molar-refractivity contribution is 5.00. The van der Waals surface area contributed by atoms with Crippen molar-refractivity contribution in [2.24, 2.45) is 5.92 Å². The van der Waals surface area contributed by atoms with Crippen LogP contribution in [0.3, 0.4) is 0 Å². The molecule has 80 valence electrons. The van der Waals surface area contributed by atoms with Crippen molar-refractivity contribution in [1.82, 2.24) is 4.90 Å². The van der Waals surface area contributed by atoms with Crippen LogP contribution in [0, 0.1) is 5.92 Å². The maximum atomic E-state index is 5.35. The van der Waals surface area contributed by atoms with Crippen LogP contribution in [0.15, 0.2) is 24.8 Å². The Labute approximate surface area is 87.2 Å². The summed E-state index contributed by atoms with van der Waals surface area (Å²) in [4.78, 5) is 2.47. The second kappa shape index (κ2) is 5.99. The van der Waals surface area contributed by atoms with Crippen molar-refractivity contribution in [3.05, 3.63) is 24.8 Å². The van der Waals surface area contributed by atoms with Gasteiger partial charge >= 0.3 is 0 Å². The molecular formula is C12H21NO. The second-order valence-electron chi connectivity index (χ2n) is 3.76. The Kier molecular flexibility index (Phi) is 4.91. The minimum absolute atomic E-state index is 0.487. The molecule has 0 aromatic heterocycles. The summed E-state index contributed by atoms with van der Waals surface area (Å²) < 4.78 is 5.35. The van der Waals surface area contributed by atoms with Crippen LogP contribution in [0.25, 0.3) is 0 Å². The summed E-state index contributed by atoms with van der Waals surface area (Å²) in [5, 5.41) is 0. The van der Waals surface area contributed by atoms with E-state index in [4.69, 9.17) is 4.74 Å². The molecule has 0 aromatic carbocycles. The molecule has 1 saturated heterocycles. The number of rotatable bonds is 4. The molecule has 2 heteroatoms. The SMILES string of the molecule is C=CC(C)C(/C=C\C)N1CCOCC1. The highest BCUT2D eigenvalue weighted by atomic mass is 16.5. The predicted molar refractivity (Wildman–Crippen MR) is 60.4 cm³/mol. The summed E-state index contributed by atoms with van der Waals surface area (Å²) in [5.41, 5.74) is 0. The fourth-order valence-corrected chi connectivity index (χ4v) is 1.84. The minimum atomic E-state index is 0.487. The minimum Gasteiger partial charge on any atom is -0.379 e. The molecule has 0 bridgehead atoms. The largest absolute Gasteiger partial charge is 0.379 e. The number of morpholine rings is 1. The molecule has 2 nitrogen and oxygen atoms in total. The van der Waals surface area contributed by atoms with Crippen molar-refractivity contribution in [3.8, 4) is 0 Å². The van der Waals surface area contributed by atoms with Crippen LogP contribution in [-0.4, -0.2) is 37.2 Å². The van der Waals surface area contributed by atoms with Gasteiger partial charge in [0.2, 0.25) is 0 Å². The Balaban J connectivity index is 2.59. The molecular weight excluding hydrogens is 174 g/mol. The molecule has 0 spiro atoms. The Morgan fingerprint density at radius 1 is 1.36 bits per heavy atom. The van der Waals surface area contributed by atoms with Crippen molar-refractivity contribution in [3.63, 3.8) is 0 Å². The third kappa shape index (κ3) is 2.96. The van der Waals surface area contributed by atoms with Crippen LogP contribution in [0.5, 0.6) is 0 Å². The zero-order valence-corrected chi connectivity index (χ0v) is 9.28. The molecule has 0 amide bonds.